The van der Waals surface area contributed by atoms with Gasteiger partial charge in [0.1, 0.15) is 0 Å². The lowest BCUT2D eigenvalue weighted by molar-refractivity contribution is -0.137. The molecule has 0 saturated heterocycles. The summed E-state index contributed by atoms with van der Waals surface area (Å²) in [7, 11) is 0. The molecule has 0 aliphatic rings. The first-order valence-electron chi connectivity index (χ1n) is 7.53. The summed E-state index contributed by atoms with van der Waals surface area (Å²) in [5, 5.41) is 14.0. The van der Waals surface area contributed by atoms with Gasteiger partial charge in [0.05, 0.1) is 0 Å². The van der Waals surface area contributed by atoms with Crippen molar-refractivity contribution >= 4 is 29.2 Å². The van der Waals surface area contributed by atoms with Crippen molar-refractivity contribution in [1.82, 2.24) is 0 Å². The number of carbonyl (C=O) groups excluding carboxylic acids is 2. The highest BCUT2D eigenvalue weighted by Gasteiger charge is 2.08. The van der Waals surface area contributed by atoms with Gasteiger partial charge in [-0.2, -0.15) is 0 Å². The highest BCUT2D eigenvalue weighted by atomic mass is 16.4. The normalized spacial score (nSPS) is 10.0. The maximum atomic E-state index is 12.1. The molecular formula is C18H18N2O4. The van der Waals surface area contributed by atoms with Crippen molar-refractivity contribution in [3.8, 4) is 0 Å². The third-order valence-electron chi connectivity index (χ3n) is 3.26. The van der Waals surface area contributed by atoms with E-state index in [1.54, 1.807) is 36.4 Å². The summed E-state index contributed by atoms with van der Waals surface area (Å²) < 4.78 is 0. The molecule has 0 heterocycles. The maximum absolute atomic E-state index is 12.1. The third-order valence-corrected chi connectivity index (χ3v) is 3.26. The number of anilines is 2. The van der Waals surface area contributed by atoms with Crippen LogP contribution in [-0.2, 0) is 9.59 Å². The second-order valence-corrected chi connectivity index (χ2v) is 5.19. The van der Waals surface area contributed by atoms with Crippen molar-refractivity contribution in [1.29, 1.82) is 0 Å². The molecule has 6 heteroatoms. The first kappa shape index (κ1) is 17.2. The van der Waals surface area contributed by atoms with Gasteiger partial charge in [0.2, 0.25) is 5.91 Å². The molecule has 2 aromatic rings. The predicted molar refractivity (Wildman–Crippen MR) is 91.0 cm³/mol. The van der Waals surface area contributed by atoms with E-state index in [2.05, 4.69) is 10.6 Å². The van der Waals surface area contributed by atoms with Gasteiger partial charge >= 0.3 is 5.97 Å². The van der Waals surface area contributed by atoms with E-state index < -0.39 is 5.97 Å². The Labute approximate surface area is 139 Å². The number of benzene rings is 2. The van der Waals surface area contributed by atoms with E-state index in [0.29, 0.717) is 23.4 Å². The molecule has 0 radical (unpaired) electrons. The minimum atomic E-state index is -0.920. The molecule has 124 valence electrons. The van der Waals surface area contributed by atoms with Gasteiger partial charge in [-0.05, 0) is 42.8 Å². The van der Waals surface area contributed by atoms with Crippen LogP contribution in [0.15, 0.2) is 54.6 Å². The minimum absolute atomic E-state index is 0.0357. The van der Waals surface area contributed by atoms with E-state index in [1.807, 2.05) is 18.2 Å². The average Bonchev–Trinajstić information content (AvgIpc) is 2.56. The molecule has 0 saturated carbocycles. The van der Waals surface area contributed by atoms with Crippen molar-refractivity contribution in [2.45, 2.75) is 19.3 Å². The van der Waals surface area contributed by atoms with Crippen molar-refractivity contribution in [3.63, 3.8) is 0 Å². The summed E-state index contributed by atoms with van der Waals surface area (Å²) in [6.07, 6.45) is 0.396. The fourth-order valence-corrected chi connectivity index (χ4v) is 2.05. The summed E-state index contributed by atoms with van der Waals surface area (Å²) in [6.45, 7) is 0. The molecule has 3 N–H and O–H groups in total. The largest absolute Gasteiger partial charge is 0.481 e. The first-order chi connectivity index (χ1) is 11.5. The zero-order chi connectivity index (χ0) is 17.4. The smallest absolute Gasteiger partial charge is 0.303 e. The van der Waals surface area contributed by atoms with E-state index in [4.69, 9.17) is 5.11 Å². The van der Waals surface area contributed by atoms with Crippen LogP contribution in [0.25, 0.3) is 0 Å². The van der Waals surface area contributed by atoms with Crippen LogP contribution in [0.4, 0.5) is 11.4 Å². The highest BCUT2D eigenvalue weighted by molar-refractivity contribution is 6.04. The summed E-state index contributed by atoms with van der Waals surface area (Å²) in [6, 6.07) is 15.6. The molecule has 0 spiro atoms. The number of carboxylic acids is 1. The van der Waals surface area contributed by atoms with Gasteiger partial charge in [-0.3, -0.25) is 14.4 Å². The van der Waals surface area contributed by atoms with Crippen molar-refractivity contribution in [3.05, 3.63) is 60.2 Å². The number of para-hydroxylation sites is 1. The number of rotatable bonds is 7. The monoisotopic (exact) mass is 326 g/mol. The van der Waals surface area contributed by atoms with E-state index in [0.717, 1.165) is 0 Å². The lowest BCUT2D eigenvalue weighted by Crippen LogP contribution is -2.13. The second kappa shape index (κ2) is 8.47. The molecule has 0 bridgehead atoms. The van der Waals surface area contributed by atoms with Crippen LogP contribution in [0.1, 0.15) is 29.6 Å². The van der Waals surface area contributed by atoms with Gasteiger partial charge in [0.15, 0.2) is 0 Å². The summed E-state index contributed by atoms with van der Waals surface area (Å²) >= 11 is 0. The molecule has 0 unspecified atom stereocenters. The lowest BCUT2D eigenvalue weighted by atomic mass is 10.1. The van der Waals surface area contributed by atoms with Crippen molar-refractivity contribution in [2.24, 2.45) is 0 Å². The number of aliphatic carboxylic acids is 1. The van der Waals surface area contributed by atoms with Crippen molar-refractivity contribution < 1.29 is 19.5 Å². The summed E-state index contributed by atoms with van der Waals surface area (Å²) in [4.78, 5) is 34.2. The van der Waals surface area contributed by atoms with Crippen LogP contribution >= 0.6 is 0 Å². The number of hydrogen-bond acceptors (Lipinski definition) is 3. The molecule has 24 heavy (non-hydrogen) atoms. The molecule has 0 aliphatic carbocycles. The van der Waals surface area contributed by atoms with E-state index >= 15 is 0 Å². The molecule has 0 aromatic heterocycles. The molecular weight excluding hydrogens is 308 g/mol. The van der Waals surface area contributed by atoms with Gasteiger partial charge in [-0.15, -0.1) is 0 Å². The molecule has 2 aromatic carbocycles. The van der Waals surface area contributed by atoms with Gasteiger partial charge in [-0.25, -0.2) is 0 Å². The Balaban J connectivity index is 1.87. The number of carbonyl (C=O) groups is 3. The number of nitrogens with one attached hydrogen (secondary N) is 2. The minimum Gasteiger partial charge on any atom is -0.481 e. The Hall–Kier alpha value is -3.15. The van der Waals surface area contributed by atoms with Gasteiger partial charge in [0, 0.05) is 29.8 Å². The van der Waals surface area contributed by atoms with Crippen LogP contribution in [0.5, 0.6) is 0 Å². The Morgan fingerprint density at radius 2 is 1.42 bits per heavy atom. The number of hydrogen-bond donors (Lipinski definition) is 3. The second-order valence-electron chi connectivity index (χ2n) is 5.19. The number of carboxylic acid groups (broad SMARTS) is 1. The number of amides is 2. The van der Waals surface area contributed by atoms with Crippen LogP contribution in [-0.4, -0.2) is 22.9 Å². The topological polar surface area (TPSA) is 95.5 Å². The Morgan fingerprint density at radius 1 is 0.792 bits per heavy atom. The molecule has 2 rings (SSSR count). The zero-order valence-electron chi connectivity index (χ0n) is 13.0. The average molecular weight is 326 g/mol. The van der Waals surface area contributed by atoms with Crippen LogP contribution < -0.4 is 10.6 Å². The molecule has 0 aliphatic heterocycles. The lowest BCUT2D eigenvalue weighted by Gasteiger charge is -2.07. The van der Waals surface area contributed by atoms with Gasteiger partial charge < -0.3 is 15.7 Å². The molecule has 6 nitrogen and oxygen atoms in total. The quantitative estimate of drug-likeness (QED) is 0.728. The van der Waals surface area contributed by atoms with E-state index in [9.17, 15) is 14.4 Å². The molecule has 2 amide bonds. The fraction of sp³-hybridized carbons (Fsp3) is 0.167. The highest BCUT2D eigenvalue weighted by Crippen LogP contribution is 2.13. The van der Waals surface area contributed by atoms with Crippen LogP contribution in [0.3, 0.4) is 0 Å². The Morgan fingerprint density at radius 3 is 2.04 bits per heavy atom. The van der Waals surface area contributed by atoms with Gasteiger partial charge in [-0.1, -0.05) is 18.2 Å². The maximum Gasteiger partial charge on any atom is 0.303 e. The van der Waals surface area contributed by atoms with E-state index in [1.165, 1.54) is 0 Å². The van der Waals surface area contributed by atoms with E-state index in [-0.39, 0.29) is 24.7 Å². The third kappa shape index (κ3) is 5.57. The van der Waals surface area contributed by atoms with Crippen molar-refractivity contribution in [2.75, 3.05) is 10.6 Å². The molecule has 0 atom stereocenters. The Bertz CT molecular complexity index is 712. The summed E-state index contributed by atoms with van der Waals surface area (Å²) in [5.74, 6) is -1.41. The SMILES string of the molecule is O=C(O)CCCC(=O)Nc1ccc(C(=O)Nc2ccccc2)cc1. The molecule has 0 fully saturated rings. The van der Waals surface area contributed by atoms with Crippen LogP contribution in [0.2, 0.25) is 0 Å². The van der Waals surface area contributed by atoms with Crippen LogP contribution in [0, 0.1) is 0 Å². The Kier molecular flexibility index (Phi) is 6.08. The standard InChI is InChI=1S/C18H18N2O4/c21-16(7-4-8-17(22)23)19-15-11-9-13(10-12-15)18(24)20-14-5-2-1-3-6-14/h1-3,5-6,9-12H,4,7-8H2,(H,19,21)(H,20,24)(H,22,23). The zero-order valence-corrected chi connectivity index (χ0v) is 13.0. The fourth-order valence-electron chi connectivity index (χ4n) is 2.05. The summed E-state index contributed by atoms with van der Waals surface area (Å²) in [5.41, 5.74) is 1.74. The van der Waals surface area contributed by atoms with Gasteiger partial charge in [0.25, 0.3) is 5.91 Å². The predicted octanol–water partition coefficient (Wildman–Crippen LogP) is 3.13. The first-order valence-corrected chi connectivity index (χ1v) is 7.53.